The van der Waals surface area contributed by atoms with Crippen LogP contribution in [0.5, 0.6) is 0 Å². The molecule has 4 heteroatoms. The van der Waals surface area contributed by atoms with Gasteiger partial charge in [0.1, 0.15) is 5.82 Å². The molecule has 0 heterocycles. The van der Waals surface area contributed by atoms with Crippen LogP contribution in [-0.4, -0.2) is 6.43 Å². The Kier molecular flexibility index (Phi) is 3.30. The van der Waals surface area contributed by atoms with Gasteiger partial charge in [0.25, 0.3) is 6.43 Å². The van der Waals surface area contributed by atoms with Crippen molar-refractivity contribution in [3.63, 3.8) is 0 Å². The highest BCUT2D eigenvalue weighted by Crippen LogP contribution is 2.22. The lowest BCUT2D eigenvalue weighted by atomic mass is 10.0. The summed E-state index contributed by atoms with van der Waals surface area (Å²) in [5.74, 6) is -0.719. The Labute approximate surface area is 80.0 Å². The normalized spacial score (nSPS) is 12.9. The average molecular weight is 201 g/mol. The van der Waals surface area contributed by atoms with E-state index in [-0.39, 0.29) is 5.56 Å². The second-order valence-electron chi connectivity index (χ2n) is 2.85. The van der Waals surface area contributed by atoms with Crippen molar-refractivity contribution in [3.05, 3.63) is 41.7 Å². The quantitative estimate of drug-likeness (QED) is 0.799. The SMILES string of the molecule is C=Cc1ccc(F)c(C(N)C(F)F)c1. The van der Waals surface area contributed by atoms with Gasteiger partial charge in [-0.15, -0.1) is 0 Å². The maximum Gasteiger partial charge on any atom is 0.257 e. The first kappa shape index (κ1) is 10.8. The predicted octanol–water partition coefficient (Wildman–Crippen LogP) is 2.73. The van der Waals surface area contributed by atoms with E-state index in [1.807, 2.05) is 0 Å². The Bertz CT molecular complexity index is 336. The van der Waals surface area contributed by atoms with Crippen molar-refractivity contribution in [2.24, 2.45) is 5.73 Å². The fourth-order valence-electron chi connectivity index (χ4n) is 1.08. The minimum Gasteiger partial charge on any atom is -0.319 e. The highest BCUT2D eigenvalue weighted by Gasteiger charge is 2.20. The van der Waals surface area contributed by atoms with E-state index in [4.69, 9.17) is 5.73 Å². The number of hydrogen-bond acceptors (Lipinski definition) is 1. The van der Waals surface area contributed by atoms with E-state index < -0.39 is 18.3 Å². The fourth-order valence-corrected chi connectivity index (χ4v) is 1.08. The highest BCUT2D eigenvalue weighted by molar-refractivity contribution is 5.48. The molecular weight excluding hydrogens is 191 g/mol. The molecule has 0 aliphatic heterocycles. The zero-order valence-electron chi connectivity index (χ0n) is 7.38. The number of nitrogens with two attached hydrogens (primary N) is 1. The Morgan fingerprint density at radius 2 is 2.00 bits per heavy atom. The van der Waals surface area contributed by atoms with Crippen LogP contribution in [0.25, 0.3) is 6.08 Å². The van der Waals surface area contributed by atoms with E-state index >= 15 is 0 Å². The van der Waals surface area contributed by atoms with Crippen molar-refractivity contribution in [2.75, 3.05) is 0 Å². The molecule has 2 N–H and O–H groups in total. The molecule has 1 rings (SSSR count). The third-order valence-corrected chi connectivity index (χ3v) is 1.89. The molecule has 0 spiro atoms. The second kappa shape index (κ2) is 4.28. The van der Waals surface area contributed by atoms with Crippen LogP contribution in [0.15, 0.2) is 24.8 Å². The lowest BCUT2D eigenvalue weighted by molar-refractivity contribution is 0.115. The topological polar surface area (TPSA) is 26.0 Å². The largest absolute Gasteiger partial charge is 0.319 e. The van der Waals surface area contributed by atoms with Gasteiger partial charge in [-0.1, -0.05) is 18.7 Å². The molecule has 1 nitrogen and oxygen atoms in total. The van der Waals surface area contributed by atoms with Crippen molar-refractivity contribution in [1.82, 2.24) is 0 Å². The molecule has 14 heavy (non-hydrogen) atoms. The Morgan fingerprint density at radius 3 is 2.50 bits per heavy atom. The summed E-state index contributed by atoms with van der Waals surface area (Å²) < 4.78 is 37.5. The molecule has 1 aromatic rings. The van der Waals surface area contributed by atoms with Gasteiger partial charge < -0.3 is 5.73 Å². The molecule has 0 saturated carbocycles. The molecule has 0 radical (unpaired) electrons. The van der Waals surface area contributed by atoms with Crippen LogP contribution in [-0.2, 0) is 0 Å². The molecule has 0 saturated heterocycles. The Morgan fingerprint density at radius 1 is 1.36 bits per heavy atom. The van der Waals surface area contributed by atoms with Gasteiger partial charge in [-0.3, -0.25) is 0 Å². The number of alkyl halides is 2. The summed E-state index contributed by atoms with van der Waals surface area (Å²) in [6.45, 7) is 3.46. The summed E-state index contributed by atoms with van der Waals surface area (Å²) in [4.78, 5) is 0. The van der Waals surface area contributed by atoms with Gasteiger partial charge >= 0.3 is 0 Å². The first-order chi connectivity index (χ1) is 6.56. The van der Waals surface area contributed by atoms with Crippen molar-refractivity contribution in [3.8, 4) is 0 Å². The monoisotopic (exact) mass is 201 g/mol. The molecule has 1 unspecified atom stereocenters. The average Bonchev–Trinajstić information content (AvgIpc) is 2.17. The first-order valence-electron chi connectivity index (χ1n) is 4.02. The summed E-state index contributed by atoms with van der Waals surface area (Å²) in [7, 11) is 0. The maximum absolute atomic E-state index is 13.1. The van der Waals surface area contributed by atoms with Crippen LogP contribution in [0.4, 0.5) is 13.2 Å². The Balaban J connectivity index is 3.11. The van der Waals surface area contributed by atoms with Gasteiger partial charge in [0.05, 0.1) is 6.04 Å². The van der Waals surface area contributed by atoms with Gasteiger partial charge in [-0.2, -0.15) is 0 Å². The van der Waals surface area contributed by atoms with Gasteiger partial charge in [0.2, 0.25) is 0 Å². The summed E-state index contributed by atoms with van der Waals surface area (Å²) in [6, 6.07) is 2.24. The van der Waals surface area contributed by atoms with E-state index in [2.05, 4.69) is 6.58 Å². The van der Waals surface area contributed by atoms with E-state index in [9.17, 15) is 13.2 Å². The third-order valence-electron chi connectivity index (χ3n) is 1.89. The predicted molar refractivity (Wildman–Crippen MR) is 49.4 cm³/mol. The van der Waals surface area contributed by atoms with Crippen LogP contribution in [0.3, 0.4) is 0 Å². The summed E-state index contributed by atoms with van der Waals surface area (Å²) in [6.07, 6.45) is -1.33. The molecular formula is C10H10F3N. The van der Waals surface area contributed by atoms with Gasteiger partial charge in [-0.05, 0) is 17.7 Å². The summed E-state index contributed by atoms with van der Waals surface area (Å²) in [5.41, 5.74) is 5.52. The number of halogens is 3. The van der Waals surface area contributed by atoms with Gasteiger partial charge in [0, 0.05) is 5.56 Å². The van der Waals surface area contributed by atoms with Gasteiger partial charge in [0.15, 0.2) is 0 Å². The smallest absolute Gasteiger partial charge is 0.257 e. The van der Waals surface area contributed by atoms with Crippen LogP contribution >= 0.6 is 0 Å². The molecule has 0 aromatic heterocycles. The minimum absolute atomic E-state index is 0.183. The van der Waals surface area contributed by atoms with E-state index in [1.165, 1.54) is 18.2 Å². The standard InChI is InChI=1S/C10H10F3N/c1-2-6-3-4-8(11)7(5-6)9(14)10(12)13/h2-5,9-10H,1,14H2. The second-order valence-corrected chi connectivity index (χ2v) is 2.85. The lowest BCUT2D eigenvalue weighted by Crippen LogP contribution is -2.20. The molecule has 0 amide bonds. The van der Waals surface area contributed by atoms with Crippen molar-refractivity contribution < 1.29 is 13.2 Å². The highest BCUT2D eigenvalue weighted by atomic mass is 19.3. The molecule has 0 bridgehead atoms. The molecule has 0 aliphatic carbocycles. The van der Waals surface area contributed by atoms with Crippen LogP contribution in [0.2, 0.25) is 0 Å². The number of rotatable bonds is 3. The van der Waals surface area contributed by atoms with Crippen LogP contribution in [0, 0.1) is 5.82 Å². The van der Waals surface area contributed by atoms with Crippen LogP contribution in [0.1, 0.15) is 17.2 Å². The maximum atomic E-state index is 13.1. The minimum atomic E-state index is -2.77. The zero-order valence-corrected chi connectivity index (χ0v) is 7.38. The molecule has 1 aromatic carbocycles. The third kappa shape index (κ3) is 2.14. The fraction of sp³-hybridized carbons (Fsp3) is 0.200. The Hall–Kier alpha value is -1.29. The molecule has 76 valence electrons. The van der Waals surface area contributed by atoms with Crippen molar-refractivity contribution in [1.29, 1.82) is 0 Å². The van der Waals surface area contributed by atoms with Crippen LogP contribution < -0.4 is 5.73 Å². The molecule has 1 atom stereocenters. The van der Waals surface area contributed by atoms with E-state index in [0.717, 1.165) is 6.07 Å². The van der Waals surface area contributed by atoms with E-state index in [1.54, 1.807) is 0 Å². The van der Waals surface area contributed by atoms with Crippen molar-refractivity contribution >= 4 is 6.08 Å². The summed E-state index contributed by atoms with van der Waals surface area (Å²) >= 11 is 0. The molecule has 0 fully saturated rings. The van der Waals surface area contributed by atoms with Gasteiger partial charge in [-0.25, -0.2) is 13.2 Å². The van der Waals surface area contributed by atoms with Crippen molar-refractivity contribution in [2.45, 2.75) is 12.5 Å². The van der Waals surface area contributed by atoms with E-state index in [0.29, 0.717) is 5.56 Å². The lowest BCUT2D eigenvalue weighted by Gasteiger charge is -2.12. The first-order valence-corrected chi connectivity index (χ1v) is 4.02. The number of hydrogen-bond donors (Lipinski definition) is 1. The summed E-state index contributed by atoms with van der Waals surface area (Å²) in [5, 5.41) is 0. The molecule has 0 aliphatic rings. The zero-order chi connectivity index (χ0) is 10.7. The number of benzene rings is 1.